The summed E-state index contributed by atoms with van der Waals surface area (Å²) in [6.07, 6.45) is 0. The fourth-order valence-corrected chi connectivity index (χ4v) is 0. The first-order valence-electron chi connectivity index (χ1n) is 0.842. The van der Waals surface area contributed by atoms with Gasteiger partial charge in [-0.15, -0.1) is 0 Å². The Morgan fingerprint density at radius 3 is 2.25 bits per heavy atom. The van der Waals surface area contributed by atoms with Gasteiger partial charge in [0.15, 0.2) is 0 Å². The van der Waals surface area contributed by atoms with Crippen LogP contribution >= 0.6 is 11.6 Å². The third-order valence-electron chi connectivity index (χ3n) is 0.0690. The normalized spacial score (nSPS) is 5.00. The Kier molecular flexibility index (Phi) is 2.63. The highest BCUT2D eigenvalue weighted by molar-refractivity contribution is 6.18. The number of alkyl halides is 1. The van der Waals surface area contributed by atoms with E-state index in [1.165, 1.54) is 0 Å². The van der Waals surface area contributed by atoms with Gasteiger partial charge in [0.1, 0.15) is 0 Å². The summed E-state index contributed by atoms with van der Waals surface area (Å²) in [5, 5.41) is 0. The lowest BCUT2D eigenvalue weighted by Crippen LogP contribution is -1.38. The van der Waals surface area contributed by atoms with Crippen LogP contribution in [0.25, 0.3) is 4.85 Å². The lowest BCUT2D eigenvalue weighted by atomic mass is 11.5. The van der Waals surface area contributed by atoms with Crippen LogP contribution < -0.4 is 0 Å². The molecule has 1 nitrogen and oxygen atoms in total. The maximum Gasteiger partial charge on any atom is 0.336 e. The van der Waals surface area contributed by atoms with Crippen LogP contribution in [0.5, 0.6) is 0 Å². The van der Waals surface area contributed by atoms with Crippen molar-refractivity contribution in [2.45, 2.75) is 0 Å². The molecule has 0 aromatic heterocycles. The third kappa shape index (κ3) is 1.78. The summed E-state index contributed by atoms with van der Waals surface area (Å²) in [4.78, 5) is 3.00. The first kappa shape index (κ1) is 3.78. The van der Waals surface area contributed by atoms with Crippen molar-refractivity contribution in [1.82, 2.24) is 0 Å². The highest BCUT2D eigenvalue weighted by atomic mass is 35.5. The average molecular weight is 76.5 g/mol. The van der Waals surface area contributed by atoms with Crippen LogP contribution in [0.15, 0.2) is 0 Å². The molecule has 22 valence electrons. The van der Waals surface area contributed by atoms with Crippen LogP contribution in [0.1, 0.15) is 0 Å². The summed E-state index contributed by atoms with van der Waals surface area (Å²) < 4.78 is 0. The summed E-state index contributed by atoms with van der Waals surface area (Å²) in [7, 11) is 0. The monoisotopic (exact) mass is 76.0 g/mol. The summed E-state index contributed by atoms with van der Waals surface area (Å²) in [5.41, 5.74) is 0. The van der Waals surface area contributed by atoms with E-state index in [0.29, 0.717) is 0 Å². The molecule has 0 aromatic rings. The minimum absolute atomic E-state index is 0.194. The van der Waals surface area contributed by atoms with E-state index in [1.807, 2.05) is 0 Å². The summed E-state index contributed by atoms with van der Waals surface area (Å²) in [6.45, 7) is 4.52. The minimum Gasteiger partial charge on any atom is -0.0693 e. The lowest BCUT2D eigenvalue weighted by molar-refractivity contribution is 1.80. The molecule has 0 amide bonds. The quantitative estimate of drug-likeness (QED) is 0.301. The second kappa shape index (κ2) is 2.78. The van der Waals surface area contributed by atoms with E-state index in [0.717, 1.165) is 0 Å². The van der Waals surface area contributed by atoms with Gasteiger partial charge in [0, 0.05) is 0 Å². The molecule has 0 saturated carbocycles. The summed E-state index contributed by atoms with van der Waals surface area (Å²) in [5.74, 6) is 0. The molecule has 0 fully saturated rings. The topological polar surface area (TPSA) is 4.36 Å². The molecule has 0 bridgehead atoms. The van der Waals surface area contributed by atoms with Crippen molar-refractivity contribution in [1.29, 1.82) is 0 Å². The van der Waals surface area contributed by atoms with E-state index in [4.69, 9.17) is 11.6 Å². The van der Waals surface area contributed by atoms with Crippen molar-refractivity contribution in [3.63, 3.8) is 0 Å². The van der Waals surface area contributed by atoms with Crippen molar-refractivity contribution in [3.8, 4) is 6.57 Å². The van der Waals surface area contributed by atoms with E-state index >= 15 is 0 Å². The smallest absolute Gasteiger partial charge is 0.0693 e. The average Bonchev–Trinajstić information content (AvgIpc) is 1.37. The van der Waals surface area contributed by atoms with Crippen LogP contribution in [0.3, 0.4) is 0 Å². The van der Waals surface area contributed by atoms with Gasteiger partial charge < -0.3 is 0 Å². The molecule has 0 heterocycles. The van der Waals surface area contributed by atoms with E-state index < -0.39 is 0 Å². The van der Waals surface area contributed by atoms with Crippen molar-refractivity contribution >= 4 is 11.6 Å². The van der Waals surface area contributed by atoms with E-state index in [-0.39, 0.29) is 6.00 Å². The third-order valence-corrected chi connectivity index (χ3v) is 0.207. The molecule has 0 aromatic carbocycles. The zero-order valence-corrected chi connectivity index (χ0v) is 2.87. The molecule has 4 heavy (non-hydrogen) atoms. The highest BCUT2D eigenvalue weighted by Gasteiger charge is 1.63. The van der Waals surface area contributed by atoms with Gasteiger partial charge >= 0.3 is 6.00 Å². The molecular formula is C2H3ClN+. The minimum atomic E-state index is 0.194. The number of hydrogen-bond donors (Lipinski definition) is 0. The SMILES string of the molecule is C#[N+]CCl. The zero-order valence-electron chi connectivity index (χ0n) is 2.11. The Balaban J connectivity index is 2.43. The van der Waals surface area contributed by atoms with Gasteiger partial charge in [-0.05, 0) is 11.6 Å². The van der Waals surface area contributed by atoms with Crippen LogP contribution in [0, 0.1) is 6.57 Å². The van der Waals surface area contributed by atoms with Gasteiger partial charge in [-0.25, -0.2) is 0 Å². The van der Waals surface area contributed by atoms with Gasteiger partial charge in [-0.1, -0.05) is 4.85 Å². The molecule has 0 radical (unpaired) electrons. The predicted octanol–water partition coefficient (Wildman–Crippen LogP) is 1.15. The molecule has 0 rings (SSSR count). The maximum atomic E-state index is 4.89. The molecule has 0 spiro atoms. The molecule has 0 N–H and O–H groups in total. The lowest BCUT2D eigenvalue weighted by Gasteiger charge is -1.35. The Bertz CT molecular complexity index is 35.8. The second-order valence-corrected chi connectivity index (χ2v) is 0.541. The molecule has 0 unspecified atom stereocenters. The van der Waals surface area contributed by atoms with Crippen LogP contribution in [0.2, 0.25) is 0 Å². The molecule has 0 atom stereocenters. The fourth-order valence-electron chi connectivity index (χ4n) is 0. The van der Waals surface area contributed by atoms with Gasteiger partial charge in [-0.3, -0.25) is 0 Å². The van der Waals surface area contributed by atoms with E-state index in [1.54, 1.807) is 0 Å². The van der Waals surface area contributed by atoms with Crippen LogP contribution in [0.4, 0.5) is 0 Å². The predicted molar refractivity (Wildman–Crippen MR) is 19.0 cm³/mol. The maximum absolute atomic E-state index is 4.89. The Hall–Kier alpha value is -0.220. The van der Waals surface area contributed by atoms with Crippen LogP contribution in [-0.2, 0) is 0 Å². The number of hydrogen-bond acceptors (Lipinski definition) is 0. The van der Waals surface area contributed by atoms with Crippen molar-refractivity contribution < 1.29 is 0 Å². The molecule has 0 saturated heterocycles. The standard InChI is InChI=1S/C2H3ClN/c1-4-2-3/h1H,2H2/q+1. The molecule has 0 aliphatic carbocycles. The molecule has 0 aliphatic heterocycles. The Morgan fingerprint density at radius 1 is 2.00 bits per heavy atom. The van der Waals surface area contributed by atoms with E-state index in [2.05, 4.69) is 11.4 Å². The number of halogens is 1. The van der Waals surface area contributed by atoms with Gasteiger partial charge in [-0.2, -0.15) is 0 Å². The number of rotatable bonds is 0. The number of nitrogens with zero attached hydrogens (tertiary/aromatic N) is 1. The highest BCUT2D eigenvalue weighted by Crippen LogP contribution is 1.67. The molecule has 0 aliphatic rings. The van der Waals surface area contributed by atoms with Gasteiger partial charge in [0.05, 0.1) is 0 Å². The van der Waals surface area contributed by atoms with Crippen molar-refractivity contribution in [2.75, 3.05) is 6.00 Å². The fraction of sp³-hybridized carbons (Fsp3) is 0.500. The van der Waals surface area contributed by atoms with Gasteiger partial charge in [0.25, 0.3) is 6.57 Å². The van der Waals surface area contributed by atoms with Crippen molar-refractivity contribution in [2.24, 2.45) is 0 Å². The van der Waals surface area contributed by atoms with E-state index in [9.17, 15) is 0 Å². The molecular weight excluding hydrogens is 73.5 g/mol. The first-order chi connectivity index (χ1) is 1.91. The summed E-state index contributed by atoms with van der Waals surface area (Å²) in [6, 6.07) is 0.194. The van der Waals surface area contributed by atoms with Crippen LogP contribution in [-0.4, -0.2) is 6.00 Å². The first-order valence-corrected chi connectivity index (χ1v) is 1.38. The van der Waals surface area contributed by atoms with Crippen molar-refractivity contribution in [3.05, 3.63) is 4.85 Å². The zero-order chi connectivity index (χ0) is 3.41. The largest absolute Gasteiger partial charge is 0.336 e. The van der Waals surface area contributed by atoms with Gasteiger partial charge in [0.2, 0.25) is 0 Å². The summed E-state index contributed by atoms with van der Waals surface area (Å²) >= 11 is 4.89. The Morgan fingerprint density at radius 2 is 2.25 bits per heavy atom. The molecule has 2 heteroatoms. The Labute approximate surface area is 30.0 Å². The second-order valence-electron chi connectivity index (χ2n) is 0.302.